The predicted molar refractivity (Wildman–Crippen MR) is 119 cm³/mol. The van der Waals surface area contributed by atoms with Gasteiger partial charge in [0.05, 0.1) is 34.7 Å². The van der Waals surface area contributed by atoms with Crippen LogP contribution in [-0.2, 0) is 20.0 Å². The summed E-state index contributed by atoms with van der Waals surface area (Å²) in [6.45, 7) is 2.51. The number of rotatable bonds is 5. The minimum atomic E-state index is 0.379. The Morgan fingerprint density at radius 1 is 1.03 bits per heavy atom. The lowest BCUT2D eigenvalue weighted by atomic mass is 10.1. The highest BCUT2D eigenvalue weighted by molar-refractivity contribution is 6.30. The van der Waals surface area contributed by atoms with E-state index in [4.69, 9.17) is 34.7 Å². The number of aromatic nitrogens is 6. The van der Waals surface area contributed by atoms with Crippen LogP contribution in [-0.4, -0.2) is 29.5 Å². The minimum absolute atomic E-state index is 0.379. The Morgan fingerprint density at radius 2 is 1.80 bits per heavy atom. The van der Waals surface area contributed by atoms with Gasteiger partial charge in [0.2, 0.25) is 0 Å². The first-order valence-corrected chi connectivity index (χ1v) is 9.97. The van der Waals surface area contributed by atoms with Crippen LogP contribution in [0, 0.1) is 6.92 Å². The van der Waals surface area contributed by atoms with Gasteiger partial charge in [0, 0.05) is 37.1 Å². The summed E-state index contributed by atoms with van der Waals surface area (Å²) in [5.74, 6) is 0. The zero-order valence-corrected chi connectivity index (χ0v) is 18.0. The first kappa shape index (κ1) is 20.2. The van der Waals surface area contributed by atoms with Crippen molar-refractivity contribution in [2.75, 3.05) is 11.5 Å². The van der Waals surface area contributed by atoms with Gasteiger partial charge in [-0.3, -0.25) is 9.36 Å². The van der Waals surface area contributed by atoms with E-state index in [1.807, 2.05) is 26.4 Å². The van der Waals surface area contributed by atoms with Crippen molar-refractivity contribution < 1.29 is 0 Å². The molecule has 4 aromatic rings. The van der Waals surface area contributed by atoms with Crippen LogP contribution in [0.2, 0.25) is 10.3 Å². The van der Waals surface area contributed by atoms with Crippen LogP contribution in [0.15, 0.2) is 36.8 Å². The van der Waals surface area contributed by atoms with Crippen LogP contribution in [0.5, 0.6) is 0 Å². The molecule has 0 aliphatic heterocycles. The summed E-state index contributed by atoms with van der Waals surface area (Å²) in [5.41, 5.74) is 18.2. The number of anilines is 2. The van der Waals surface area contributed by atoms with E-state index in [9.17, 15) is 0 Å². The van der Waals surface area contributed by atoms with Gasteiger partial charge in [-0.25, -0.2) is 9.97 Å². The standard InChI is InChI=1S/C20H20Cl2N8/c1-11-14(10-29(2)28-11)20-18(24)12(7-17(22)27-20)5-6-30-9-13(8-25-30)19-15(23)3-4-16(21)26-19/h3-4,7-10H,5-6,23-24H2,1-2H3. The largest absolute Gasteiger partial charge is 0.397 e. The zero-order valence-electron chi connectivity index (χ0n) is 16.5. The van der Waals surface area contributed by atoms with Crippen molar-refractivity contribution in [1.82, 2.24) is 29.5 Å². The van der Waals surface area contributed by atoms with Crippen molar-refractivity contribution >= 4 is 34.6 Å². The van der Waals surface area contributed by atoms with Crippen LogP contribution in [0.1, 0.15) is 11.3 Å². The second-order valence-electron chi connectivity index (χ2n) is 6.98. The van der Waals surface area contributed by atoms with E-state index >= 15 is 0 Å². The summed E-state index contributed by atoms with van der Waals surface area (Å²) in [5, 5.41) is 9.53. The molecule has 4 aromatic heterocycles. The van der Waals surface area contributed by atoms with Gasteiger partial charge >= 0.3 is 0 Å². The number of hydrogen-bond acceptors (Lipinski definition) is 6. The van der Waals surface area contributed by atoms with Gasteiger partial charge in [-0.05, 0) is 37.1 Å². The maximum atomic E-state index is 6.43. The highest BCUT2D eigenvalue weighted by Gasteiger charge is 2.16. The van der Waals surface area contributed by atoms with Crippen molar-refractivity contribution in [3.05, 3.63) is 58.4 Å². The minimum Gasteiger partial charge on any atom is -0.397 e. The van der Waals surface area contributed by atoms with E-state index in [0.29, 0.717) is 46.0 Å². The normalized spacial score (nSPS) is 11.2. The fraction of sp³-hybridized carbons (Fsp3) is 0.200. The Hall–Kier alpha value is -3.10. The second-order valence-corrected chi connectivity index (χ2v) is 7.76. The maximum absolute atomic E-state index is 6.43. The summed E-state index contributed by atoms with van der Waals surface area (Å²) in [7, 11) is 1.86. The number of aryl methyl sites for hydroxylation is 4. The molecule has 4 rings (SSSR count). The van der Waals surface area contributed by atoms with Gasteiger partial charge in [-0.1, -0.05) is 23.2 Å². The van der Waals surface area contributed by atoms with Gasteiger partial charge in [0.15, 0.2) is 0 Å². The third-order valence-electron chi connectivity index (χ3n) is 4.79. The highest BCUT2D eigenvalue weighted by Crippen LogP contribution is 2.31. The lowest BCUT2D eigenvalue weighted by Crippen LogP contribution is -2.06. The van der Waals surface area contributed by atoms with E-state index in [1.54, 1.807) is 33.8 Å². The molecule has 0 saturated carbocycles. The van der Waals surface area contributed by atoms with Crippen molar-refractivity contribution in [2.24, 2.45) is 7.05 Å². The third kappa shape index (κ3) is 3.96. The summed E-state index contributed by atoms with van der Waals surface area (Å²) in [6, 6.07) is 5.17. The van der Waals surface area contributed by atoms with Gasteiger partial charge in [0.25, 0.3) is 0 Å². The smallest absolute Gasteiger partial charge is 0.130 e. The molecule has 0 bridgehead atoms. The third-order valence-corrected chi connectivity index (χ3v) is 5.20. The molecule has 30 heavy (non-hydrogen) atoms. The topological polar surface area (TPSA) is 113 Å². The SMILES string of the molecule is Cc1nn(C)cc1-c1nc(Cl)cc(CCn2cc(-c3nc(Cl)ccc3N)cn2)c1N. The average molecular weight is 443 g/mol. The van der Waals surface area contributed by atoms with E-state index in [2.05, 4.69) is 20.2 Å². The second kappa shape index (κ2) is 7.97. The molecule has 0 spiro atoms. The molecule has 0 aliphatic carbocycles. The monoisotopic (exact) mass is 442 g/mol. The predicted octanol–water partition coefficient (Wildman–Crippen LogP) is 3.76. The van der Waals surface area contributed by atoms with Crippen LogP contribution in [0.25, 0.3) is 22.5 Å². The quantitative estimate of drug-likeness (QED) is 0.454. The molecule has 8 nitrogen and oxygen atoms in total. The van der Waals surface area contributed by atoms with E-state index in [1.165, 1.54) is 0 Å². The Morgan fingerprint density at radius 3 is 2.53 bits per heavy atom. The van der Waals surface area contributed by atoms with Crippen molar-refractivity contribution in [1.29, 1.82) is 0 Å². The van der Waals surface area contributed by atoms with E-state index < -0.39 is 0 Å². The number of halogens is 2. The van der Waals surface area contributed by atoms with Crippen molar-refractivity contribution in [2.45, 2.75) is 19.9 Å². The molecular formula is C20H20Cl2N8. The van der Waals surface area contributed by atoms with E-state index in [-0.39, 0.29) is 0 Å². The molecule has 0 saturated heterocycles. The average Bonchev–Trinajstić information content (AvgIpc) is 3.30. The number of pyridine rings is 2. The van der Waals surface area contributed by atoms with Crippen molar-refractivity contribution in [3.8, 4) is 22.5 Å². The summed E-state index contributed by atoms with van der Waals surface area (Å²) in [4.78, 5) is 8.71. The van der Waals surface area contributed by atoms with Gasteiger partial charge in [-0.2, -0.15) is 10.2 Å². The summed E-state index contributed by atoms with van der Waals surface area (Å²) >= 11 is 12.3. The molecule has 0 fully saturated rings. The first-order chi connectivity index (χ1) is 14.3. The maximum Gasteiger partial charge on any atom is 0.130 e. The Kier molecular flexibility index (Phi) is 5.36. The lowest BCUT2D eigenvalue weighted by molar-refractivity contribution is 0.615. The molecule has 0 amide bonds. The number of hydrogen-bond donors (Lipinski definition) is 2. The molecule has 0 aliphatic rings. The molecule has 0 aromatic carbocycles. The van der Waals surface area contributed by atoms with Crippen LogP contribution < -0.4 is 11.5 Å². The van der Waals surface area contributed by atoms with E-state index in [0.717, 1.165) is 22.4 Å². The number of nitrogens with zero attached hydrogens (tertiary/aromatic N) is 6. The number of nitrogen functional groups attached to an aromatic ring is 2. The van der Waals surface area contributed by atoms with Gasteiger partial charge < -0.3 is 11.5 Å². The molecule has 4 heterocycles. The summed E-state index contributed by atoms with van der Waals surface area (Å²) in [6.07, 6.45) is 6.10. The molecule has 0 radical (unpaired) electrons. The molecular weight excluding hydrogens is 423 g/mol. The fourth-order valence-electron chi connectivity index (χ4n) is 3.34. The molecule has 4 N–H and O–H groups in total. The summed E-state index contributed by atoms with van der Waals surface area (Å²) < 4.78 is 3.54. The van der Waals surface area contributed by atoms with Crippen LogP contribution >= 0.6 is 23.2 Å². The first-order valence-electron chi connectivity index (χ1n) is 9.22. The number of nitrogens with two attached hydrogens (primary N) is 2. The Bertz CT molecular complexity index is 1230. The molecule has 10 heteroatoms. The van der Waals surface area contributed by atoms with Gasteiger partial charge in [0.1, 0.15) is 10.3 Å². The van der Waals surface area contributed by atoms with Crippen LogP contribution in [0.4, 0.5) is 11.4 Å². The fourth-order valence-corrected chi connectivity index (χ4v) is 3.70. The Balaban J connectivity index is 1.58. The van der Waals surface area contributed by atoms with Crippen LogP contribution in [0.3, 0.4) is 0 Å². The highest BCUT2D eigenvalue weighted by atomic mass is 35.5. The Labute approximate surface area is 183 Å². The molecule has 0 unspecified atom stereocenters. The molecule has 154 valence electrons. The molecule has 0 atom stereocenters. The lowest BCUT2D eigenvalue weighted by Gasteiger charge is -2.11. The van der Waals surface area contributed by atoms with Gasteiger partial charge in [-0.15, -0.1) is 0 Å². The van der Waals surface area contributed by atoms with Crippen molar-refractivity contribution in [3.63, 3.8) is 0 Å². The zero-order chi connectivity index (χ0) is 21.4.